The molecule has 3 rings (SSSR count). The highest BCUT2D eigenvalue weighted by Gasteiger charge is 2.23. The minimum Gasteiger partial charge on any atom is -0.495 e. The Bertz CT molecular complexity index is 1490. The second kappa shape index (κ2) is 13.5. The number of carbonyl (C=O) groups excluding carboxylic acids is 1. The van der Waals surface area contributed by atoms with Crippen molar-refractivity contribution in [1.29, 1.82) is 5.41 Å². The van der Waals surface area contributed by atoms with Crippen LogP contribution in [0.15, 0.2) is 77.8 Å². The number of carbonyl (C=O) groups is 1. The van der Waals surface area contributed by atoms with E-state index >= 15 is 0 Å². The van der Waals surface area contributed by atoms with Gasteiger partial charge in [-0.2, -0.15) is 4.68 Å². The fraction of sp³-hybridized carbons (Fsp3) is 0.214. The summed E-state index contributed by atoms with van der Waals surface area (Å²) in [6.07, 6.45) is 4.89. The number of aromatic amines is 1. The number of hydrogen-bond acceptors (Lipinski definition) is 8. The lowest BCUT2D eigenvalue weighted by molar-refractivity contribution is -0.122. The molecule has 0 saturated carbocycles. The number of nitrogens with zero attached hydrogens (tertiary/aromatic N) is 2. The van der Waals surface area contributed by atoms with Gasteiger partial charge in [-0.15, -0.1) is 5.10 Å². The molecule has 1 atom stereocenters. The lowest BCUT2D eigenvalue weighted by Gasteiger charge is -2.20. The highest BCUT2D eigenvalue weighted by Crippen LogP contribution is 2.33. The minimum absolute atomic E-state index is 0.0522. The highest BCUT2D eigenvalue weighted by atomic mass is 16.5. The summed E-state index contributed by atoms with van der Waals surface area (Å²) in [4.78, 5) is 27.6. The Morgan fingerprint density at radius 2 is 1.95 bits per heavy atom. The number of likely N-dealkylation sites (N-methyl/N-ethyl adjacent to an activating group) is 1. The minimum atomic E-state index is -0.661. The van der Waals surface area contributed by atoms with Gasteiger partial charge in [-0.25, -0.2) is 4.79 Å². The average molecular weight is 548 g/mol. The number of methoxy groups -OCH3 is 2. The molecular weight excluding hydrogens is 514 g/mol. The van der Waals surface area contributed by atoms with Crippen LogP contribution in [0.25, 0.3) is 5.70 Å². The number of nitrogens with one attached hydrogen (secondary N) is 4. The molecule has 12 nitrogen and oxygen atoms in total. The van der Waals surface area contributed by atoms with Gasteiger partial charge < -0.3 is 30.6 Å². The van der Waals surface area contributed by atoms with Crippen molar-refractivity contribution < 1.29 is 19.0 Å². The molecule has 40 heavy (non-hydrogen) atoms. The predicted molar refractivity (Wildman–Crippen MR) is 154 cm³/mol. The molecule has 0 fully saturated rings. The third-order valence-electron chi connectivity index (χ3n) is 5.82. The van der Waals surface area contributed by atoms with E-state index in [9.17, 15) is 9.59 Å². The number of hydrogen-bond donors (Lipinski definition) is 5. The molecule has 0 saturated heterocycles. The Morgan fingerprint density at radius 1 is 1.23 bits per heavy atom. The Balaban J connectivity index is 2.10. The number of amidine groups is 1. The fourth-order valence-electron chi connectivity index (χ4n) is 3.79. The highest BCUT2D eigenvalue weighted by molar-refractivity contribution is 5.95. The van der Waals surface area contributed by atoms with Gasteiger partial charge in [0.25, 0.3) is 5.91 Å². The van der Waals surface area contributed by atoms with Gasteiger partial charge in [-0.05, 0) is 55.0 Å². The SMILES string of the molecule is C=C/C=C(OC)\C(=C/C)n1nc(C(Nc2ccc(C(=N)N)cc2)c2ccc(OCC(=O)NC)c(OC)c2)[nH]c1=O. The number of nitrogen functional groups attached to an aromatic ring is 1. The van der Waals surface area contributed by atoms with Crippen LogP contribution in [0.3, 0.4) is 0 Å². The van der Waals surface area contributed by atoms with Crippen molar-refractivity contribution in [3.05, 3.63) is 100 Å². The summed E-state index contributed by atoms with van der Waals surface area (Å²) >= 11 is 0. The number of nitrogens with two attached hydrogens (primary N) is 1. The molecule has 0 aliphatic heterocycles. The van der Waals surface area contributed by atoms with Crippen molar-refractivity contribution in [2.45, 2.75) is 13.0 Å². The zero-order chi connectivity index (χ0) is 29.2. The molecule has 12 heteroatoms. The van der Waals surface area contributed by atoms with Crippen LogP contribution in [0.4, 0.5) is 5.69 Å². The van der Waals surface area contributed by atoms with E-state index in [2.05, 4.69) is 27.3 Å². The molecular formula is C28H33N7O5. The Morgan fingerprint density at radius 3 is 2.52 bits per heavy atom. The maximum absolute atomic E-state index is 13.1. The summed E-state index contributed by atoms with van der Waals surface area (Å²) in [5.74, 6) is 1.11. The second-order valence-corrected chi connectivity index (χ2v) is 8.31. The first-order valence-electron chi connectivity index (χ1n) is 12.2. The maximum Gasteiger partial charge on any atom is 0.348 e. The number of allylic oxidation sites excluding steroid dienone is 4. The van der Waals surface area contributed by atoms with Crippen molar-refractivity contribution in [2.24, 2.45) is 5.73 Å². The number of anilines is 1. The molecule has 3 aromatic rings. The fourth-order valence-corrected chi connectivity index (χ4v) is 3.79. The lowest BCUT2D eigenvalue weighted by Crippen LogP contribution is -2.25. The van der Waals surface area contributed by atoms with Crippen LogP contribution in [0.5, 0.6) is 11.5 Å². The van der Waals surface area contributed by atoms with Gasteiger partial charge in [0.1, 0.15) is 23.3 Å². The Labute approximate surface area is 231 Å². The van der Waals surface area contributed by atoms with Gasteiger partial charge in [0.2, 0.25) is 0 Å². The van der Waals surface area contributed by atoms with Crippen LogP contribution >= 0.6 is 0 Å². The van der Waals surface area contributed by atoms with Crippen LogP contribution in [0, 0.1) is 5.41 Å². The normalized spacial score (nSPS) is 12.3. The lowest BCUT2D eigenvalue weighted by atomic mass is 10.0. The molecule has 0 aliphatic carbocycles. The van der Waals surface area contributed by atoms with E-state index in [0.717, 1.165) is 0 Å². The molecule has 0 bridgehead atoms. The van der Waals surface area contributed by atoms with Crippen LogP contribution in [0.1, 0.15) is 29.9 Å². The third-order valence-corrected chi connectivity index (χ3v) is 5.82. The monoisotopic (exact) mass is 547 g/mol. The van der Waals surface area contributed by atoms with Crippen molar-refractivity contribution in [3.8, 4) is 11.5 Å². The molecule has 1 aromatic heterocycles. The van der Waals surface area contributed by atoms with E-state index in [4.69, 9.17) is 25.4 Å². The first kappa shape index (κ1) is 29.3. The molecule has 6 N–H and O–H groups in total. The number of ether oxygens (including phenoxy) is 3. The summed E-state index contributed by atoms with van der Waals surface area (Å²) in [6, 6.07) is 11.5. The zero-order valence-electron chi connectivity index (χ0n) is 22.8. The summed E-state index contributed by atoms with van der Waals surface area (Å²) in [5.41, 5.74) is 7.47. The van der Waals surface area contributed by atoms with Gasteiger partial charge in [0, 0.05) is 18.3 Å². The molecule has 0 spiro atoms. The largest absolute Gasteiger partial charge is 0.495 e. The number of rotatable bonds is 13. The molecule has 1 amide bonds. The van der Waals surface area contributed by atoms with Crippen molar-refractivity contribution in [2.75, 3.05) is 33.2 Å². The van der Waals surface area contributed by atoms with E-state index in [1.165, 1.54) is 25.9 Å². The number of H-pyrrole nitrogens is 1. The predicted octanol–water partition coefficient (Wildman–Crippen LogP) is 2.77. The molecule has 2 aromatic carbocycles. The maximum atomic E-state index is 13.1. The number of aromatic nitrogens is 3. The Kier molecular flexibility index (Phi) is 9.90. The summed E-state index contributed by atoms with van der Waals surface area (Å²) in [6.45, 7) is 5.28. The summed E-state index contributed by atoms with van der Waals surface area (Å²) in [7, 11) is 4.50. The molecule has 210 valence electrons. The van der Waals surface area contributed by atoms with E-state index in [1.807, 2.05) is 0 Å². The smallest absolute Gasteiger partial charge is 0.348 e. The van der Waals surface area contributed by atoms with Crippen LogP contribution in [-0.4, -0.2) is 54.4 Å². The number of benzene rings is 2. The van der Waals surface area contributed by atoms with Crippen LogP contribution in [0.2, 0.25) is 0 Å². The van der Waals surface area contributed by atoms with Gasteiger partial charge >= 0.3 is 5.69 Å². The quantitative estimate of drug-likeness (QED) is 0.0941. The summed E-state index contributed by atoms with van der Waals surface area (Å²) < 4.78 is 17.8. The molecule has 0 aliphatic rings. The van der Waals surface area contributed by atoms with Crippen molar-refractivity contribution >= 4 is 23.1 Å². The Hall–Kier alpha value is -5.26. The topological polar surface area (TPSA) is 169 Å². The standard InChI is InChI=1S/C28H33N7O5/c1-6-8-21(38-4)20(7-2)35-28(37)33-27(34-35)25(32-19-12-9-17(10-13-19)26(29)30)18-11-14-22(23(15-18)39-5)40-16-24(36)31-3/h6-15,25,32H,1,16H2,2-5H3,(H3,29,30)(H,31,36)(H,33,34,37)/b20-7+,21-8+. The molecule has 1 heterocycles. The van der Waals surface area contributed by atoms with Crippen LogP contribution < -0.4 is 31.5 Å². The van der Waals surface area contributed by atoms with Crippen LogP contribution in [-0.2, 0) is 9.53 Å². The number of amides is 1. The first-order valence-corrected chi connectivity index (χ1v) is 12.2. The van der Waals surface area contributed by atoms with Gasteiger partial charge in [-0.3, -0.25) is 15.2 Å². The van der Waals surface area contributed by atoms with E-state index in [1.54, 1.807) is 67.6 Å². The van der Waals surface area contributed by atoms with Gasteiger partial charge in [0.15, 0.2) is 23.9 Å². The zero-order valence-corrected chi connectivity index (χ0v) is 22.8. The van der Waals surface area contributed by atoms with Crippen molar-refractivity contribution in [3.63, 3.8) is 0 Å². The second-order valence-electron chi connectivity index (χ2n) is 8.31. The average Bonchev–Trinajstić information content (AvgIpc) is 3.35. The van der Waals surface area contributed by atoms with Gasteiger partial charge in [0.05, 0.1) is 14.2 Å². The third kappa shape index (κ3) is 6.78. The van der Waals surface area contributed by atoms with E-state index in [-0.39, 0.29) is 18.3 Å². The van der Waals surface area contributed by atoms with E-state index < -0.39 is 11.7 Å². The molecule has 1 unspecified atom stereocenters. The summed E-state index contributed by atoms with van der Waals surface area (Å²) in [5, 5.41) is 18.1. The van der Waals surface area contributed by atoms with Gasteiger partial charge in [-0.1, -0.05) is 24.8 Å². The first-order chi connectivity index (χ1) is 19.3. The van der Waals surface area contributed by atoms with Crippen molar-refractivity contribution in [1.82, 2.24) is 20.1 Å². The molecule has 0 radical (unpaired) electrons. The van der Waals surface area contributed by atoms with E-state index in [0.29, 0.717) is 45.6 Å².